The second kappa shape index (κ2) is 10.1. The van der Waals surface area contributed by atoms with E-state index in [1.165, 1.54) is 17.3 Å². The van der Waals surface area contributed by atoms with Crippen LogP contribution in [0.5, 0.6) is 0 Å². The molecule has 1 amide bonds. The van der Waals surface area contributed by atoms with E-state index in [0.29, 0.717) is 29.2 Å². The SMILES string of the molecule is Cn1cnnc1[C@@H](c1cccc(N2Cc3c(cc(CN4CC[C@]5(CCNC5)C4)cc3C(F)(F)F)C2=O)c1)C1CC(F)(F)C1. The van der Waals surface area contributed by atoms with Crippen molar-refractivity contribution in [3.63, 3.8) is 0 Å². The van der Waals surface area contributed by atoms with Crippen LogP contribution in [-0.4, -0.2) is 57.7 Å². The van der Waals surface area contributed by atoms with Gasteiger partial charge in [0.05, 0.1) is 12.1 Å². The number of halogens is 5. The Labute approximate surface area is 246 Å². The molecule has 1 spiro atoms. The summed E-state index contributed by atoms with van der Waals surface area (Å²) in [6.07, 6.45) is -1.63. The summed E-state index contributed by atoms with van der Waals surface area (Å²) in [6.45, 7) is 3.66. The Bertz CT molecular complexity index is 1550. The van der Waals surface area contributed by atoms with Gasteiger partial charge in [-0.15, -0.1) is 10.2 Å². The van der Waals surface area contributed by atoms with Crippen molar-refractivity contribution in [1.82, 2.24) is 25.0 Å². The van der Waals surface area contributed by atoms with Crippen LogP contribution in [0.15, 0.2) is 42.7 Å². The van der Waals surface area contributed by atoms with E-state index in [1.807, 2.05) is 0 Å². The number of nitrogens with one attached hydrogen (secondary N) is 1. The lowest BCUT2D eigenvalue weighted by molar-refractivity contribution is -0.138. The molecule has 3 fully saturated rings. The lowest BCUT2D eigenvalue weighted by Crippen LogP contribution is -2.39. The van der Waals surface area contributed by atoms with Gasteiger partial charge >= 0.3 is 6.18 Å². The van der Waals surface area contributed by atoms with Crippen molar-refractivity contribution in [1.29, 1.82) is 0 Å². The maximum Gasteiger partial charge on any atom is 0.416 e. The van der Waals surface area contributed by atoms with Gasteiger partial charge in [-0.2, -0.15) is 13.2 Å². The summed E-state index contributed by atoms with van der Waals surface area (Å²) in [7, 11) is 1.74. The molecule has 1 saturated carbocycles. The molecule has 1 aromatic heterocycles. The van der Waals surface area contributed by atoms with Crippen molar-refractivity contribution in [2.24, 2.45) is 18.4 Å². The van der Waals surface area contributed by atoms with Crippen LogP contribution in [0.25, 0.3) is 0 Å². The Balaban J connectivity index is 1.19. The molecule has 1 aliphatic carbocycles. The molecule has 1 N–H and O–H groups in total. The van der Waals surface area contributed by atoms with Gasteiger partial charge in [-0.1, -0.05) is 12.1 Å². The highest BCUT2D eigenvalue weighted by Gasteiger charge is 2.50. The molecule has 3 aromatic rings. The van der Waals surface area contributed by atoms with Crippen molar-refractivity contribution < 1.29 is 26.7 Å². The number of carbonyl (C=O) groups excluding carboxylic acids is 1. The van der Waals surface area contributed by atoms with Crippen LogP contribution in [0, 0.1) is 11.3 Å². The predicted octanol–water partition coefficient (Wildman–Crippen LogP) is 5.36. The van der Waals surface area contributed by atoms with Crippen LogP contribution in [-0.2, 0) is 26.3 Å². The number of hydrogen-bond acceptors (Lipinski definition) is 5. The molecule has 0 unspecified atom stereocenters. The summed E-state index contributed by atoms with van der Waals surface area (Å²) in [4.78, 5) is 17.3. The number of carbonyl (C=O) groups is 1. The third kappa shape index (κ3) is 5.12. The summed E-state index contributed by atoms with van der Waals surface area (Å²) in [5.74, 6) is -3.61. The molecule has 2 saturated heterocycles. The summed E-state index contributed by atoms with van der Waals surface area (Å²) < 4.78 is 72.6. The molecule has 12 heteroatoms. The second-order valence-electron chi connectivity index (χ2n) is 12.8. The van der Waals surface area contributed by atoms with E-state index in [9.17, 15) is 26.7 Å². The van der Waals surface area contributed by atoms with Gasteiger partial charge in [0.25, 0.3) is 5.91 Å². The van der Waals surface area contributed by atoms with Crippen molar-refractivity contribution in [3.05, 3.63) is 76.4 Å². The van der Waals surface area contributed by atoms with Gasteiger partial charge < -0.3 is 14.8 Å². The predicted molar refractivity (Wildman–Crippen MR) is 149 cm³/mol. The average molecular weight is 601 g/mol. The number of likely N-dealkylation sites (tertiary alicyclic amines) is 1. The molecule has 7 nitrogen and oxygen atoms in total. The van der Waals surface area contributed by atoms with E-state index in [2.05, 4.69) is 20.4 Å². The number of nitrogens with zero attached hydrogens (tertiary/aromatic N) is 5. The van der Waals surface area contributed by atoms with Gasteiger partial charge in [0.1, 0.15) is 12.2 Å². The van der Waals surface area contributed by atoms with E-state index in [0.717, 1.165) is 39.0 Å². The maximum atomic E-state index is 14.4. The topological polar surface area (TPSA) is 66.3 Å². The number of benzene rings is 2. The van der Waals surface area contributed by atoms with E-state index in [1.54, 1.807) is 41.9 Å². The normalized spacial score (nSPS) is 24.6. The first-order valence-corrected chi connectivity index (χ1v) is 14.7. The van der Waals surface area contributed by atoms with Gasteiger partial charge in [0.2, 0.25) is 5.92 Å². The number of rotatable bonds is 6. The Kier molecular flexibility index (Phi) is 6.66. The number of anilines is 1. The minimum Gasteiger partial charge on any atom is -0.320 e. The first-order valence-electron chi connectivity index (χ1n) is 14.7. The summed E-state index contributed by atoms with van der Waals surface area (Å²) in [5, 5.41) is 11.5. The maximum absolute atomic E-state index is 14.4. The molecule has 2 atom stereocenters. The molecule has 4 aliphatic rings. The van der Waals surface area contributed by atoms with Crippen LogP contribution in [0.4, 0.5) is 27.6 Å². The number of aryl methyl sites for hydroxylation is 1. The third-order valence-electron chi connectivity index (χ3n) is 9.82. The standard InChI is InChI=1S/C31H33F5N6O/c1-40-18-38-39-27(40)26(21-12-30(32,33)13-21)20-3-2-4-22(11-20)42-15-24-23(28(42)43)9-19(10-25(24)31(34,35)36)14-41-8-6-29(17-41)5-7-37-16-29/h2-4,9-11,18,21,26,37H,5-8,12-17H2,1H3/t26-,29-/m0/s1. The molecule has 2 aromatic carbocycles. The molecular weight excluding hydrogens is 567 g/mol. The van der Waals surface area contributed by atoms with Crippen LogP contribution < -0.4 is 10.2 Å². The third-order valence-corrected chi connectivity index (χ3v) is 9.82. The Morgan fingerprint density at radius 2 is 1.95 bits per heavy atom. The Morgan fingerprint density at radius 3 is 2.63 bits per heavy atom. The van der Waals surface area contributed by atoms with Crippen LogP contribution in [0.3, 0.4) is 0 Å². The number of alkyl halides is 5. The van der Waals surface area contributed by atoms with Gasteiger partial charge in [-0.05, 0) is 78.2 Å². The van der Waals surface area contributed by atoms with Crippen molar-refractivity contribution in [2.75, 3.05) is 31.1 Å². The Hall–Kier alpha value is -3.38. The fourth-order valence-corrected chi connectivity index (χ4v) is 7.62. The summed E-state index contributed by atoms with van der Waals surface area (Å²) >= 11 is 0. The Morgan fingerprint density at radius 1 is 1.14 bits per heavy atom. The van der Waals surface area contributed by atoms with Gasteiger partial charge in [-0.25, -0.2) is 8.78 Å². The van der Waals surface area contributed by atoms with Gasteiger partial charge in [0, 0.05) is 56.7 Å². The van der Waals surface area contributed by atoms with E-state index in [4.69, 9.17) is 0 Å². The van der Waals surface area contributed by atoms with Gasteiger partial charge in [0.15, 0.2) is 0 Å². The monoisotopic (exact) mass is 600 g/mol. The fourth-order valence-electron chi connectivity index (χ4n) is 7.62. The molecule has 4 heterocycles. The number of hydrogen-bond donors (Lipinski definition) is 1. The van der Waals surface area contributed by atoms with Crippen molar-refractivity contribution in [3.8, 4) is 0 Å². The lowest BCUT2D eigenvalue weighted by atomic mass is 9.70. The highest BCUT2D eigenvalue weighted by molar-refractivity contribution is 6.10. The summed E-state index contributed by atoms with van der Waals surface area (Å²) in [6, 6.07) is 9.70. The quantitative estimate of drug-likeness (QED) is 0.387. The van der Waals surface area contributed by atoms with Crippen molar-refractivity contribution in [2.45, 2.75) is 56.8 Å². The first-order chi connectivity index (χ1) is 20.4. The summed E-state index contributed by atoms with van der Waals surface area (Å²) in [5.41, 5.74) is 0.992. The molecule has 0 radical (unpaired) electrons. The van der Waals surface area contributed by atoms with E-state index in [-0.39, 0.29) is 41.8 Å². The molecule has 43 heavy (non-hydrogen) atoms. The van der Waals surface area contributed by atoms with Crippen LogP contribution in [0.2, 0.25) is 0 Å². The smallest absolute Gasteiger partial charge is 0.320 e. The van der Waals surface area contributed by atoms with E-state index < -0.39 is 29.5 Å². The van der Waals surface area contributed by atoms with Gasteiger partial charge in [-0.3, -0.25) is 9.69 Å². The largest absolute Gasteiger partial charge is 0.416 e. The zero-order valence-electron chi connectivity index (χ0n) is 23.8. The molecule has 228 valence electrons. The van der Waals surface area contributed by atoms with Crippen molar-refractivity contribution >= 4 is 11.6 Å². The molecule has 0 bridgehead atoms. The minimum atomic E-state index is -4.62. The first kappa shape index (κ1) is 28.4. The zero-order chi connectivity index (χ0) is 30.1. The fraction of sp³-hybridized carbons (Fsp3) is 0.516. The lowest BCUT2D eigenvalue weighted by Gasteiger charge is -2.40. The molecule has 3 aliphatic heterocycles. The molecular formula is C31H33F5N6O. The highest BCUT2D eigenvalue weighted by Crippen LogP contribution is 2.51. The highest BCUT2D eigenvalue weighted by atomic mass is 19.4. The zero-order valence-corrected chi connectivity index (χ0v) is 23.8. The molecule has 7 rings (SSSR count). The number of aromatic nitrogens is 3. The number of amides is 1. The van der Waals surface area contributed by atoms with Crippen LogP contribution in [0.1, 0.15) is 70.0 Å². The van der Waals surface area contributed by atoms with Crippen LogP contribution >= 0.6 is 0 Å². The van der Waals surface area contributed by atoms with E-state index >= 15 is 0 Å². The average Bonchev–Trinajstić information content (AvgIpc) is 3.73. The number of fused-ring (bicyclic) bond motifs is 1. The minimum absolute atomic E-state index is 0.0342. The second-order valence-corrected chi connectivity index (χ2v) is 12.8.